The van der Waals surface area contributed by atoms with E-state index in [1.54, 1.807) is 17.4 Å². The lowest BCUT2D eigenvalue weighted by atomic mass is 10.1. The van der Waals surface area contributed by atoms with E-state index < -0.39 is 0 Å². The van der Waals surface area contributed by atoms with Gasteiger partial charge in [0, 0.05) is 22.8 Å². The highest BCUT2D eigenvalue weighted by atomic mass is 32.1. The van der Waals surface area contributed by atoms with Crippen molar-refractivity contribution in [1.82, 2.24) is 9.38 Å². The lowest BCUT2D eigenvalue weighted by Gasteiger charge is -1.99. The number of nitrogens with zero attached hydrogens (tertiary/aromatic N) is 3. The van der Waals surface area contributed by atoms with Gasteiger partial charge < -0.3 is 9.51 Å². The predicted molar refractivity (Wildman–Crippen MR) is 94.6 cm³/mol. The van der Waals surface area contributed by atoms with Gasteiger partial charge in [0.15, 0.2) is 0 Å². The zero-order chi connectivity index (χ0) is 16.5. The molecule has 1 aromatic carbocycles. The number of rotatable bonds is 3. The zero-order valence-corrected chi connectivity index (χ0v) is 13.5. The molecule has 4 rings (SSSR count). The summed E-state index contributed by atoms with van der Waals surface area (Å²) in [4.78, 5) is 5.58. The molecule has 0 fully saturated rings. The fourth-order valence-electron chi connectivity index (χ4n) is 2.66. The summed E-state index contributed by atoms with van der Waals surface area (Å²) in [6.07, 6.45) is 4.00. The number of pyridine rings is 1. The SMILES string of the molecule is N#Cc1cccc(-c2cn3cc(-c4csc(CO)c4)ccc3n2)c1. The van der Waals surface area contributed by atoms with Crippen molar-refractivity contribution in [2.75, 3.05) is 0 Å². The molecule has 24 heavy (non-hydrogen) atoms. The predicted octanol–water partition coefficient (Wildman–Crippen LogP) is 4.09. The van der Waals surface area contributed by atoms with Crippen LogP contribution in [0.4, 0.5) is 0 Å². The lowest BCUT2D eigenvalue weighted by molar-refractivity contribution is 0.285. The third-order valence-electron chi connectivity index (χ3n) is 3.88. The molecule has 4 aromatic rings. The maximum atomic E-state index is 9.21. The standard InChI is InChI=1S/C19H13N3OS/c20-8-13-2-1-3-14(6-13)18-10-22-9-15(4-5-19(22)21-18)16-7-17(11-23)24-12-16/h1-7,9-10,12,23H,11H2. The summed E-state index contributed by atoms with van der Waals surface area (Å²) in [6, 6.07) is 15.6. The first-order valence-electron chi connectivity index (χ1n) is 7.45. The molecular formula is C19H13N3OS. The molecule has 1 N–H and O–H groups in total. The average molecular weight is 331 g/mol. The Balaban J connectivity index is 1.77. The van der Waals surface area contributed by atoms with Gasteiger partial charge in [-0.05, 0) is 46.8 Å². The number of imidazole rings is 1. The lowest BCUT2D eigenvalue weighted by Crippen LogP contribution is -1.84. The molecule has 0 aliphatic carbocycles. The fraction of sp³-hybridized carbons (Fsp3) is 0.0526. The second-order valence-electron chi connectivity index (χ2n) is 5.46. The van der Waals surface area contributed by atoms with Crippen molar-refractivity contribution < 1.29 is 5.11 Å². The number of benzene rings is 1. The van der Waals surface area contributed by atoms with Crippen molar-refractivity contribution in [3.63, 3.8) is 0 Å². The van der Waals surface area contributed by atoms with E-state index in [2.05, 4.69) is 11.1 Å². The van der Waals surface area contributed by atoms with Gasteiger partial charge in [-0.15, -0.1) is 11.3 Å². The van der Waals surface area contributed by atoms with Gasteiger partial charge in [-0.2, -0.15) is 5.26 Å². The average Bonchev–Trinajstić information content (AvgIpc) is 3.27. The van der Waals surface area contributed by atoms with E-state index in [9.17, 15) is 5.11 Å². The Kier molecular flexibility index (Phi) is 3.62. The van der Waals surface area contributed by atoms with E-state index >= 15 is 0 Å². The molecule has 0 aliphatic heterocycles. The summed E-state index contributed by atoms with van der Waals surface area (Å²) >= 11 is 1.55. The number of thiophene rings is 1. The highest BCUT2D eigenvalue weighted by Crippen LogP contribution is 2.27. The smallest absolute Gasteiger partial charge is 0.137 e. The van der Waals surface area contributed by atoms with E-state index in [1.807, 2.05) is 58.6 Å². The summed E-state index contributed by atoms with van der Waals surface area (Å²) in [5.41, 5.74) is 5.41. The molecule has 3 heterocycles. The Morgan fingerprint density at radius 3 is 2.79 bits per heavy atom. The minimum absolute atomic E-state index is 0.0668. The molecule has 3 aromatic heterocycles. The Labute approximate surface area is 142 Å². The van der Waals surface area contributed by atoms with Gasteiger partial charge in [-0.25, -0.2) is 4.98 Å². The van der Waals surface area contributed by atoms with Crippen molar-refractivity contribution in [2.45, 2.75) is 6.61 Å². The Bertz CT molecular complexity index is 1070. The Hall–Kier alpha value is -2.94. The van der Waals surface area contributed by atoms with Crippen LogP contribution < -0.4 is 0 Å². The molecular weight excluding hydrogens is 318 g/mol. The van der Waals surface area contributed by atoms with Crippen LogP contribution in [0, 0.1) is 11.3 Å². The molecule has 0 aliphatic rings. The van der Waals surface area contributed by atoms with Crippen LogP contribution in [0.1, 0.15) is 10.4 Å². The minimum Gasteiger partial charge on any atom is -0.391 e. The van der Waals surface area contributed by atoms with Gasteiger partial charge >= 0.3 is 0 Å². The molecule has 5 heteroatoms. The monoisotopic (exact) mass is 331 g/mol. The largest absolute Gasteiger partial charge is 0.391 e. The number of hydrogen-bond donors (Lipinski definition) is 1. The van der Waals surface area contributed by atoms with Crippen LogP contribution in [-0.4, -0.2) is 14.5 Å². The molecule has 0 atom stereocenters. The van der Waals surface area contributed by atoms with Crippen LogP contribution in [-0.2, 0) is 6.61 Å². The maximum absolute atomic E-state index is 9.21. The molecule has 0 amide bonds. The molecule has 0 radical (unpaired) electrons. The number of nitriles is 1. The van der Waals surface area contributed by atoms with Crippen molar-refractivity contribution in [3.05, 3.63) is 70.7 Å². The molecule has 0 bridgehead atoms. The summed E-state index contributed by atoms with van der Waals surface area (Å²) in [5.74, 6) is 0. The highest BCUT2D eigenvalue weighted by molar-refractivity contribution is 7.10. The third-order valence-corrected chi connectivity index (χ3v) is 4.80. The molecule has 0 unspecified atom stereocenters. The van der Waals surface area contributed by atoms with Crippen LogP contribution in [0.3, 0.4) is 0 Å². The normalized spacial score (nSPS) is 10.8. The van der Waals surface area contributed by atoms with Gasteiger partial charge in [0.25, 0.3) is 0 Å². The van der Waals surface area contributed by atoms with Crippen LogP contribution >= 0.6 is 11.3 Å². The third kappa shape index (κ3) is 2.58. The van der Waals surface area contributed by atoms with Crippen molar-refractivity contribution in [1.29, 1.82) is 5.26 Å². The molecule has 116 valence electrons. The fourth-order valence-corrected chi connectivity index (χ4v) is 3.42. The Morgan fingerprint density at radius 1 is 1.08 bits per heavy atom. The van der Waals surface area contributed by atoms with Crippen LogP contribution in [0.5, 0.6) is 0 Å². The molecule has 0 saturated carbocycles. The number of aliphatic hydroxyl groups is 1. The van der Waals surface area contributed by atoms with Gasteiger partial charge in [-0.3, -0.25) is 0 Å². The van der Waals surface area contributed by atoms with Gasteiger partial charge in [0.2, 0.25) is 0 Å². The summed E-state index contributed by atoms with van der Waals surface area (Å²) in [5, 5.41) is 20.3. The first-order valence-corrected chi connectivity index (χ1v) is 8.33. The van der Waals surface area contributed by atoms with Crippen LogP contribution in [0.15, 0.2) is 60.2 Å². The number of aromatic nitrogens is 2. The topological polar surface area (TPSA) is 61.3 Å². The van der Waals surface area contributed by atoms with Crippen molar-refractivity contribution >= 4 is 17.0 Å². The van der Waals surface area contributed by atoms with Crippen LogP contribution in [0.2, 0.25) is 0 Å². The molecule has 0 spiro atoms. The Morgan fingerprint density at radius 2 is 2.00 bits per heavy atom. The van der Waals surface area contributed by atoms with E-state index in [0.29, 0.717) is 5.56 Å². The van der Waals surface area contributed by atoms with E-state index in [4.69, 9.17) is 5.26 Å². The van der Waals surface area contributed by atoms with Gasteiger partial charge in [0.05, 0.1) is 23.9 Å². The summed E-state index contributed by atoms with van der Waals surface area (Å²) in [6.45, 7) is 0.0668. The van der Waals surface area contributed by atoms with Crippen molar-refractivity contribution in [2.24, 2.45) is 0 Å². The number of fused-ring (bicyclic) bond motifs is 1. The van der Waals surface area contributed by atoms with E-state index in [-0.39, 0.29) is 6.61 Å². The maximum Gasteiger partial charge on any atom is 0.137 e. The summed E-state index contributed by atoms with van der Waals surface area (Å²) < 4.78 is 1.99. The van der Waals surface area contributed by atoms with Crippen LogP contribution in [0.25, 0.3) is 28.0 Å². The highest BCUT2D eigenvalue weighted by Gasteiger charge is 2.08. The zero-order valence-electron chi connectivity index (χ0n) is 12.7. The quantitative estimate of drug-likeness (QED) is 0.615. The van der Waals surface area contributed by atoms with Gasteiger partial charge in [0.1, 0.15) is 5.65 Å². The number of aliphatic hydroxyl groups excluding tert-OH is 1. The van der Waals surface area contributed by atoms with E-state index in [1.165, 1.54) is 0 Å². The van der Waals surface area contributed by atoms with E-state index in [0.717, 1.165) is 32.9 Å². The van der Waals surface area contributed by atoms with Crippen molar-refractivity contribution in [3.8, 4) is 28.5 Å². The summed E-state index contributed by atoms with van der Waals surface area (Å²) in [7, 11) is 0. The second-order valence-corrected chi connectivity index (χ2v) is 6.46. The molecule has 4 nitrogen and oxygen atoms in total. The van der Waals surface area contributed by atoms with Gasteiger partial charge in [-0.1, -0.05) is 12.1 Å². The first kappa shape index (κ1) is 14.6. The molecule has 0 saturated heterocycles. The number of hydrogen-bond acceptors (Lipinski definition) is 4. The first-order chi connectivity index (χ1) is 11.8. The minimum atomic E-state index is 0.0668. The second kappa shape index (κ2) is 5.93.